The molecule has 0 saturated heterocycles. The average Bonchev–Trinajstić information content (AvgIpc) is 3.19. The number of thiazole rings is 1. The van der Waals surface area contributed by atoms with Crippen molar-refractivity contribution in [3.05, 3.63) is 65.9 Å². The van der Waals surface area contributed by atoms with Gasteiger partial charge in [0.25, 0.3) is 0 Å². The molecule has 2 amide bonds. The lowest BCUT2D eigenvalue weighted by atomic mass is 9.98. The second-order valence-electron chi connectivity index (χ2n) is 7.07. The summed E-state index contributed by atoms with van der Waals surface area (Å²) in [6.07, 6.45) is 1.27. The van der Waals surface area contributed by atoms with Crippen molar-refractivity contribution in [2.75, 3.05) is 11.9 Å². The van der Waals surface area contributed by atoms with E-state index in [0.717, 1.165) is 11.3 Å². The summed E-state index contributed by atoms with van der Waals surface area (Å²) < 4.78 is 30.5. The standard InChI is InChI=1S/C23H18F2N4O3S/c1-2-26-22(32)29-23-28-20-18(25)14(13-7-5-12(6-8-13)10-17(30)31)11-15(21(20)33-23)19-16(24)4-3-9-27-19/h3-9,11H,2,10H2,1H3,(H,30,31)(H2,26,28,29,32). The van der Waals surface area contributed by atoms with Crippen LogP contribution in [0.3, 0.4) is 0 Å². The molecule has 2 heterocycles. The number of anilines is 1. The predicted molar refractivity (Wildman–Crippen MR) is 122 cm³/mol. The number of urea groups is 1. The van der Waals surface area contributed by atoms with Gasteiger partial charge in [-0.25, -0.2) is 18.6 Å². The van der Waals surface area contributed by atoms with E-state index in [1.165, 1.54) is 24.4 Å². The maximum atomic E-state index is 15.6. The fraction of sp³-hybridized carbons (Fsp3) is 0.130. The van der Waals surface area contributed by atoms with Crippen LogP contribution in [0.25, 0.3) is 32.6 Å². The van der Waals surface area contributed by atoms with Crippen LogP contribution in [0.4, 0.5) is 18.7 Å². The molecule has 3 N–H and O–H groups in total. The number of fused-ring (bicyclic) bond motifs is 1. The molecule has 10 heteroatoms. The van der Waals surface area contributed by atoms with Gasteiger partial charge in [0.2, 0.25) is 0 Å². The fourth-order valence-corrected chi connectivity index (χ4v) is 4.33. The number of halogens is 2. The Labute approximate surface area is 191 Å². The van der Waals surface area contributed by atoms with Gasteiger partial charge in [-0.3, -0.25) is 15.1 Å². The highest BCUT2D eigenvalue weighted by Gasteiger charge is 2.22. The van der Waals surface area contributed by atoms with Crippen molar-refractivity contribution >= 4 is 38.7 Å². The number of hydrogen-bond donors (Lipinski definition) is 3. The zero-order valence-electron chi connectivity index (χ0n) is 17.4. The maximum absolute atomic E-state index is 15.6. The van der Waals surface area contributed by atoms with Crippen molar-refractivity contribution in [3.8, 4) is 22.4 Å². The summed E-state index contributed by atoms with van der Waals surface area (Å²) in [5.74, 6) is -2.20. The molecule has 0 fully saturated rings. The van der Waals surface area contributed by atoms with Crippen LogP contribution in [0, 0.1) is 11.6 Å². The van der Waals surface area contributed by atoms with E-state index in [-0.39, 0.29) is 28.3 Å². The number of carbonyl (C=O) groups excluding carboxylic acids is 1. The van der Waals surface area contributed by atoms with Crippen molar-refractivity contribution in [2.45, 2.75) is 13.3 Å². The second-order valence-corrected chi connectivity index (χ2v) is 8.07. The fourth-order valence-electron chi connectivity index (χ4n) is 3.35. The highest BCUT2D eigenvalue weighted by molar-refractivity contribution is 7.22. The Morgan fingerprint density at radius 3 is 2.55 bits per heavy atom. The quantitative estimate of drug-likeness (QED) is 0.366. The van der Waals surface area contributed by atoms with Gasteiger partial charge in [0.1, 0.15) is 17.0 Å². The number of rotatable bonds is 6. The van der Waals surface area contributed by atoms with Gasteiger partial charge in [-0.15, -0.1) is 0 Å². The molecule has 7 nitrogen and oxygen atoms in total. The molecule has 33 heavy (non-hydrogen) atoms. The molecule has 0 aliphatic heterocycles. The summed E-state index contributed by atoms with van der Waals surface area (Å²) >= 11 is 1.01. The molecule has 168 valence electrons. The molecule has 4 aromatic rings. The number of amides is 2. The third kappa shape index (κ3) is 4.65. The Morgan fingerprint density at radius 2 is 1.88 bits per heavy atom. The molecular weight excluding hydrogens is 450 g/mol. The van der Waals surface area contributed by atoms with Gasteiger partial charge in [-0.1, -0.05) is 35.6 Å². The van der Waals surface area contributed by atoms with Gasteiger partial charge in [0.15, 0.2) is 10.9 Å². The van der Waals surface area contributed by atoms with E-state index in [0.29, 0.717) is 27.9 Å². The van der Waals surface area contributed by atoms with E-state index in [1.807, 2.05) is 0 Å². The molecule has 0 aliphatic rings. The van der Waals surface area contributed by atoms with E-state index < -0.39 is 23.6 Å². The van der Waals surface area contributed by atoms with E-state index >= 15 is 4.39 Å². The molecule has 0 atom stereocenters. The van der Waals surface area contributed by atoms with Crippen molar-refractivity contribution in [2.24, 2.45) is 0 Å². The smallest absolute Gasteiger partial charge is 0.321 e. The van der Waals surface area contributed by atoms with Crippen LogP contribution < -0.4 is 10.6 Å². The van der Waals surface area contributed by atoms with E-state index in [1.54, 1.807) is 31.2 Å². The zero-order valence-corrected chi connectivity index (χ0v) is 18.2. The van der Waals surface area contributed by atoms with Gasteiger partial charge in [0.05, 0.1) is 11.1 Å². The molecule has 2 aromatic heterocycles. The number of nitrogens with zero attached hydrogens (tertiary/aromatic N) is 2. The third-order valence-corrected chi connectivity index (χ3v) is 5.80. The van der Waals surface area contributed by atoms with E-state index in [9.17, 15) is 14.0 Å². The van der Waals surface area contributed by atoms with Gasteiger partial charge >= 0.3 is 12.0 Å². The second kappa shape index (κ2) is 9.29. The normalized spacial score (nSPS) is 10.9. The number of benzene rings is 2. The lowest BCUT2D eigenvalue weighted by Gasteiger charge is -2.10. The van der Waals surface area contributed by atoms with Gasteiger partial charge < -0.3 is 10.4 Å². The van der Waals surface area contributed by atoms with Crippen molar-refractivity contribution in [3.63, 3.8) is 0 Å². The molecule has 2 aromatic carbocycles. The van der Waals surface area contributed by atoms with Crippen LogP contribution in [-0.4, -0.2) is 33.6 Å². The summed E-state index contributed by atoms with van der Waals surface area (Å²) in [6.45, 7) is 2.16. The average molecular weight is 468 g/mol. The van der Waals surface area contributed by atoms with Gasteiger partial charge in [-0.05, 0) is 36.2 Å². The summed E-state index contributed by atoms with van der Waals surface area (Å²) in [5, 5.41) is 14.2. The van der Waals surface area contributed by atoms with Crippen LogP contribution in [0.2, 0.25) is 0 Å². The predicted octanol–water partition coefficient (Wildman–Crippen LogP) is 5.07. The third-order valence-electron chi connectivity index (χ3n) is 4.80. The monoisotopic (exact) mass is 468 g/mol. The molecule has 0 spiro atoms. The first-order valence-electron chi connectivity index (χ1n) is 9.97. The van der Waals surface area contributed by atoms with Gasteiger partial charge in [-0.2, -0.15) is 0 Å². The number of hydrogen-bond acceptors (Lipinski definition) is 5. The number of aliphatic carboxylic acids is 1. The minimum atomic E-state index is -0.974. The lowest BCUT2D eigenvalue weighted by molar-refractivity contribution is -0.136. The number of carboxylic acid groups (broad SMARTS) is 1. The van der Waals surface area contributed by atoms with Crippen molar-refractivity contribution in [1.82, 2.24) is 15.3 Å². The summed E-state index contributed by atoms with van der Waals surface area (Å²) in [7, 11) is 0. The molecule has 0 unspecified atom stereocenters. The van der Waals surface area contributed by atoms with Crippen molar-refractivity contribution in [1.29, 1.82) is 0 Å². The Morgan fingerprint density at radius 1 is 1.12 bits per heavy atom. The molecule has 0 radical (unpaired) electrons. The Bertz CT molecular complexity index is 1360. The van der Waals surface area contributed by atoms with Crippen LogP contribution >= 0.6 is 11.3 Å². The molecule has 4 rings (SSSR count). The molecule has 0 aliphatic carbocycles. The number of nitrogens with one attached hydrogen (secondary N) is 2. The highest BCUT2D eigenvalue weighted by atomic mass is 32.1. The summed E-state index contributed by atoms with van der Waals surface area (Å²) in [4.78, 5) is 31.2. The van der Waals surface area contributed by atoms with Crippen molar-refractivity contribution < 1.29 is 23.5 Å². The zero-order chi connectivity index (χ0) is 23.5. The van der Waals surface area contributed by atoms with Crippen LogP contribution in [-0.2, 0) is 11.2 Å². The largest absolute Gasteiger partial charge is 0.481 e. The van der Waals surface area contributed by atoms with Crippen LogP contribution in [0.15, 0.2) is 48.7 Å². The minimum absolute atomic E-state index is 0.0273. The summed E-state index contributed by atoms with van der Waals surface area (Å²) in [5.41, 5.74) is 1.51. The Balaban J connectivity index is 1.89. The van der Waals surface area contributed by atoms with Gasteiger partial charge in [0, 0.05) is 23.9 Å². The first kappa shape index (κ1) is 22.3. The molecular formula is C23H18F2N4O3S. The lowest BCUT2D eigenvalue weighted by Crippen LogP contribution is -2.28. The Kier molecular flexibility index (Phi) is 6.27. The molecule has 0 saturated carbocycles. The van der Waals surface area contributed by atoms with E-state index in [2.05, 4.69) is 20.6 Å². The number of carboxylic acids is 1. The highest BCUT2D eigenvalue weighted by Crippen LogP contribution is 2.41. The summed E-state index contributed by atoms with van der Waals surface area (Å²) in [6, 6.07) is 10.1. The SMILES string of the molecule is CCNC(=O)Nc1nc2c(F)c(-c3ccc(CC(=O)O)cc3)cc(-c3ncccc3F)c2s1. The maximum Gasteiger partial charge on any atom is 0.321 e. The first-order valence-corrected chi connectivity index (χ1v) is 10.8. The number of carbonyl (C=O) groups is 2. The number of pyridine rings is 1. The van der Waals surface area contributed by atoms with Crippen LogP contribution in [0.1, 0.15) is 12.5 Å². The first-order chi connectivity index (χ1) is 15.9. The topological polar surface area (TPSA) is 104 Å². The Hall–Kier alpha value is -3.92. The molecule has 0 bridgehead atoms. The van der Waals surface area contributed by atoms with Crippen LogP contribution in [0.5, 0.6) is 0 Å². The van der Waals surface area contributed by atoms with E-state index in [4.69, 9.17) is 5.11 Å². The minimum Gasteiger partial charge on any atom is -0.481 e. The number of aromatic nitrogens is 2.